The molecule has 3 rings (SSSR count). The van der Waals surface area contributed by atoms with E-state index in [4.69, 9.17) is 8.83 Å². The van der Waals surface area contributed by atoms with Crippen LogP contribution in [-0.4, -0.2) is 23.0 Å². The molecule has 1 aromatic carbocycles. The molecule has 0 aliphatic heterocycles. The minimum absolute atomic E-state index is 0. The molecule has 0 radical (unpaired) electrons. The minimum Gasteiger partial charge on any atom is -0.444 e. The van der Waals surface area contributed by atoms with E-state index < -0.39 is 0 Å². The minimum atomic E-state index is 0. The van der Waals surface area contributed by atoms with E-state index >= 15 is 0 Å². The van der Waals surface area contributed by atoms with Crippen LogP contribution in [0.1, 0.15) is 28.6 Å². The first-order valence-electron chi connectivity index (χ1n) is 8.44. The molecule has 0 saturated heterocycles. The Balaban J connectivity index is 0.00000261. The van der Waals surface area contributed by atoms with E-state index in [-0.39, 0.29) is 24.0 Å². The summed E-state index contributed by atoms with van der Waals surface area (Å²) in [5.41, 5.74) is 3.86. The largest absolute Gasteiger partial charge is 0.444 e. The van der Waals surface area contributed by atoms with Gasteiger partial charge in [0.15, 0.2) is 5.96 Å². The van der Waals surface area contributed by atoms with Gasteiger partial charge in [-0.2, -0.15) is 0 Å². The van der Waals surface area contributed by atoms with Crippen molar-refractivity contribution in [2.45, 2.75) is 33.9 Å². The number of halogens is 1. The van der Waals surface area contributed by atoms with Crippen molar-refractivity contribution in [2.75, 3.05) is 7.05 Å². The summed E-state index contributed by atoms with van der Waals surface area (Å²) in [6.07, 6.45) is 1.65. The number of rotatable bonds is 5. The topological polar surface area (TPSA) is 88.5 Å². The predicted octanol–water partition coefficient (Wildman–Crippen LogP) is 3.74. The smallest absolute Gasteiger partial charge is 0.226 e. The van der Waals surface area contributed by atoms with Crippen molar-refractivity contribution in [2.24, 2.45) is 4.99 Å². The third-order valence-corrected chi connectivity index (χ3v) is 3.99. The zero-order valence-corrected chi connectivity index (χ0v) is 18.2. The highest BCUT2D eigenvalue weighted by Crippen LogP contribution is 2.19. The van der Waals surface area contributed by atoms with Crippen LogP contribution in [0.5, 0.6) is 0 Å². The highest BCUT2D eigenvalue weighted by Gasteiger charge is 2.09. The Morgan fingerprint density at radius 1 is 1.04 bits per heavy atom. The number of oxazole rings is 2. The summed E-state index contributed by atoms with van der Waals surface area (Å²) < 4.78 is 11.1. The summed E-state index contributed by atoms with van der Waals surface area (Å²) in [6.45, 7) is 6.83. The lowest BCUT2D eigenvalue weighted by Crippen LogP contribution is -2.36. The van der Waals surface area contributed by atoms with Crippen LogP contribution < -0.4 is 10.6 Å². The maximum Gasteiger partial charge on any atom is 0.226 e. The van der Waals surface area contributed by atoms with Gasteiger partial charge in [0.2, 0.25) is 11.8 Å². The molecule has 2 N–H and O–H groups in total. The van der Waals surface area contributed by atoms with E-state index in [1.54, 1.807) is 13.3 Å². The second kappa shape index (κ2) is 9.54. The van der Waals surface area contributed by atoms with Crippen molar-refractivity contribution in [3.8, 4) is 11.5 Å². The SMILES string of the molecule is CN=C(NCc1coc(-c2ccc(C)cc2)n1)NCc1nc(C)c(C)o1.I. The Kier molecular flexibility index (Phi) is 7.40. The molecule has 2 aromatic heterocycles. The lowest BCUT2D eigenvalue weighted by molar-refractivity contribution is 0.463. The third kappa shape index (κ3) is 5.56. The van der Waals surface area contributed by atoms with E-state index in [2.05, 4.69) is 25.6 Å². The summed E-state index contributed by atoms with van der Waals surface area (Å²) >= 11 is 0. The molecule has 0 aliphatic rings. The van der Waals surface area contributed by atoms with Crippen LogP contribution in [-0.2, 0) is 13.1 Å². The fourth-order valence-corrected chi connectivity index (χ4v) is 2.39. The first-order chi connectivity index (χ1) is 12.5. The maximum absolute atomic E-state index is 5.57. The second-order valence-electron chi connectivity index (χ2n) is 6.04. The van der Waals surface area contributed by atoms with Gasteiger partial charge in [0.1, 0.15) is 12.0 Å². The molecular weight excluding hydrogens is 457 g/mol. The molecular formula is C19H24IN5O2. The molecule has 7 nitrogen and oxygen atoms in total. The highest BCUT2D eigenvalue weighted by molar-refractivity contribution is 14.0. The van der Waals surface area contributed by atoms with E-state index in [9.17, 15) is 0 Å². The van der Waals surface area contributed by atoms with E-state index in [0.29, 0.717) is 30.8 Å². The molecule has 0 saturated carbocycles. The summed E-state index contributed by atoms with van der Waals surface area (Å²) in [4.78, 5) is 13.0. The number of benzene rings is 1. The quantitative estimate of drug-likeness (QED) is 0.328. The lowest BCUT2D eigenvalue weighted by atomic mass is 10.1. The van der Waals surface area contributed by atoms with Gasteiger partial charge in [-0.3, -0.25) is 4.99 Å². The van der Waals surface area contributed by atoms with Crippen LogP contribution in [0.2, 0.25) is 0 Å². The van der Waals surface area contributed by atoms with Crippen molar-refractivity contribution in [3.05, 3.63) is 59.1 Å². The third-order valence-electron chi connectivity index (χ3n) is 3.99. The molecule has 0 bridgehead atoms. The van der Waals surface area contributed by atoms with Gasteiger partial charge < -0.3 is 19.5 Å². The van der Waals surface area contributed by atoms with Crippen molar-refractivity contribution in [3.63, 3.8) is 0 Å². The molecule has 0 spiro atoms. The van der Waals surface area contributed by atoms with Crippen LogP contribution >= 0.6 is 24.0 Å². The number of aliphatic imine (C=N–C) groups is 1. The summed E-state index contributed by atoms with van der Waals surface area (Å²) in [5.74, 6) is 2.70. The van der Waals surface area contributed by atoms with E-state index in [1.165, 1.54) is 5.56 Å². The van der Waals surface area contributed by atoms with Gasteiger partial charge in [-0.05, 0) is 32.9 Å². The summed E-state index contributed by atoms with van der Waals surface area (Å²) in [6, 6.07) is 8.07. The summed E-state index contributed by atoms with van der Waals surface area (Å²) in [5, 5.41) is 6.36. The zero-order chi connectivity index (χ0) is 18.5. The zero-order valence-electron chi connectivity index (χ0n) is 15.9. The Hall–Kier alpha value is -2.36. The molecule has 0 aliphatic carbocycles. The van der Waals surface area contributed by atoms with Crippen LogP contribution in [0.25, 0.3) is 11.5 Å². The number of guanidine groups is 1. The van der Waals surface area contributed by atoms with Gasteiger partial charge in [-0.15, -0.1) is 24.0 Å². The molecule has 144 valence electrons. The maximum atomic E-state index is 5.57. The molecule has 0 amide bonds. The molecule has 0 fully saturated rings. The second-order valence-corrected chi connectivity index (χ2v) is 6.04. The molecule has 0 atom stereocenters. The average molecular weight is 481 g/mol. The van der Waals surface area contributed by atoms with Gasteiger partial charge >= 0.3 is 0 Å². The van der Waals surface area contributed by atoms with Gasteiger partial charge in [-0.1, -0.05) is 17.7 Å². The van der Waals surface area contributed by atoms with Crippen molar-refractivity contribution < 1.29 is 8.83 Å². The standard InChI is InChI=1S/C19H23N5O2.HI/c1-12-5-7-15(8-6-12)18-24-16(11-25-18)9-21-19(20-4)22-10-17-23-13(2)14(3)26-17;/h5-8,11H,9-10H2,1-4H3,(H2,20,21,22);1H. The normalized spacial score (nSPS) is 11.2. The Labute approximate surface area is 175 Å². The number of hydrogen-bond donors (Lipinski definition) is 2. The average Bonchev–Trinajstić information content (AvgIpc) is 3.23. The monoisotopic (exact) mass is 481 g/mol. The van der Waals surface area contributed by atoms with Gasteiger partial charge in [0, 0.05) is 12.6 Å². The van der Waals surface area contributed by atoms with Crippen LogP contribution in [0.4, 0.5) is 0 Å². The van der Waals surface area contributed by atoms with E-state index in [1.807, 2.05) is 45.0 Å². The molecule has 2 heterocycles. The number of aromatic nitrogens is 2. The van der Waals surface area contributed by atoms with Crippen LogP contribution in [0.15, 0.2) is 44.4 Å². The predicted molar refractivity (Wildman–Crippen MR) is 115 cm³/mol. The van der Waals surface area contributed by atoms with E-state index in [0.717, 1.165) is 22.7 Å². The molecule has 8 heteroatoms. The van der Waals surface area contributed by atoms with Crippen LogP contribution in [0, 0.1) is 20.8 Å². The fourth-order valence-electron chi connectivity index (χ4n) is 2.39. The van der Waals surface area contributed by atoms with Crippen molar-refractivity contribution in [1.29, 1.82) is 0 Å². The van der Waals surface area contributed by atoms with Gasteiger partial charge in [0.05, 0.1) is 24.5 Å². The van der Waals surface area contributed by atoms with Crippen molar-refractivity contribution in [1.82, 2.24) is 20.6 Å². The highest BCUT2D eigenvalue weighted by atomic mass is 127. The Morgan fingerprint density at radius 2 is 1.74 bits per heavy atom. The first kappa shape index (κ1) is 20.9. The van der Waals surface area contributed by atoms with Crippen molar-refractivity contribution >= 4 is 29.9 Å². The Morgan fingerprint density at radius 3 is 2.37 bits per heavy atom. The molecule has 3 aromatic rings. The number of aryl methyl sites for hydroxylation is 3. The number of nitrogens with zero attached hydrogens (tertiary/aromatic N) is 3. The molecule has 27 heavy (non-hydrogen) atoms. The number of nitrogens with one attached hydrogen (secondary N) is 2. The Bertz CT molecular complexity index is 880. The first-order valence-corrected chi connectivity index (χ1v) is 8.44. The number of hydrogen-bond acceptors (Lipinski definition) is 5. The summed E-state index contributed by atoms with van der Waals surface area (Å²) in [7, 11) is 1.71. The fraction of sp³-hybridized carbons (Fsp3) is 0.316. The van der Waals surface area contributed by atoms with Gasteiger partial charge in [0.25, 0.3) is 0 Å². The molecule has 0 unspecified atom stereocenters. The lowest BCUT2D eigenvalue weighted by Gasteiger charge is -2.08. The van der Waals surface area contributed by atoms with Crippen LogP contribution in [0.3, 0.4) is 0 Å². The van der Waals surface area contributed by atoms with Gasteiger partial charge in [-0.25, -0.2) is 9.97 Å².